The van der Waals surface area contributed by atoms with E-state index in [-0.39, 0.29) is 17.2 Å². The first-order valence-electron chi connectivity index (χ1n) is 5.67. The van der Waals surface area contributed by atoms with Gasteiger partial charge in [-0.1, -0.05) is 23.7 Å². The van der Waals surface area contributed by atoms with E-state index in [0.717, 1.165) is 12.1 Å². The molecule has 2 aromatic carbocycles. The lowest BCUT2D eigenvalue weighted by Gasteiger charge is -2.08. The minimum atomic E-state index is -1.14. The molecule has 0 heterocycles. The highest BCUT2D eigenvalue weighted by Gasteiger charge is 2.15. The van der Waals surface area contributed by atoms with Crippen molar-refractivity contribution in [3.8, 4) is 0 Å². The first-order valence-corrected chi connectivity index (χ1v) is 6.04. The second-order valence-electron chi connectivity index (χ2n) is 4.06. The zero-order valence-electron chi connectivity index (χ0n) is 10.2. The van der Waals surface area contributed by atoms with Crippen molar-refractivity contribution < 1.29 is 18.7 Å². The summed E-state index contributed by atoms with van der Waals surface area (Å²) in [4.78, 5) is 11.9. The Kier molecular flexibility index (Phi) is 4.32. The van der Waals surface area contributed by atoms with E-state index in [1.54, 1.807) is 24.3 Å². The van der Waals surface area contributed by atoms with Gasteiger partial charge >= 0.3 is 0 Å². The molecule has 0 aliphatic carbocycles. The van der Waals surface area contributed by atoms with Crippen LogP contribution >= 0.6 is 11.6 Å². The van der Waals surface area contributed by atoms with Crippen molar-refractivity contribution in [2.75, 3.05) is 5.32 Å². The molecule has 6 heteroatoms. The minimum Gasteiger partial charge on any atom is -0.392 e. The van der Waals surface area contributed by atoms with Crippen molar-refractivity contribution >= 4 is 23.2 Å². The molecule has 104 valence electrons. The first-order chi connectivity index (χ1) is 9.51. The average Bonchev–Trinajstić information content (AvgIpc) is 2.43. The first kappa shape index (κ1) is 14.4. The Hall–Kier alpha value is -1.98. The van der Waals surface area contributed by atoms with Gasteiger partial charge in [0.25, 0.3) is 5.91 Å². The van der Waals surface area contributed by atoms with Gasteiger partial charge < -0.3 is 10.4 Å². The van der Waals surface area contributed by atoms with Gasteiger partial charge in [0.2, 0.25) is 0 Å². The maximum atomic E-state index is 13.1. The average molecular weight is 298 g/mol. The van der Waals surface area contributed by atoms with E-state index in [1.807, 2.05) is 0 Å². The topological polar surface area (TPSA) is 49.3 Å². The molecule has 2 N–H and O–H groups in total. The summed E-state index contributed by atoms with van der Waals surface area (Å²) in [6, 6.07) is 7.91. The van der Waals surface area contributed by atoms with E-state index >= 15 is 0 Å². The second kappa shape index (κ2) is 5.98. The van der Waals surface area contributed by atoms with E-state index in [4.69, 9.17) is 16.7 Å². The Morgan fingerprint density at radius 2 is 1.75 bits per heavy atom. The number of hydrogen-bond acceptors (Lipinski definition) is 2. The summed E-state index contributed by atoms with van der Waals surface area (Å²) in [5, 5.41) is 11.2. The predicted octanol–water partition coefficient (Wildman–Crippen LogP) is 3.36. The summed E-state index contributed by atoms with van der Waals surface area (Å²) < 4.78 is 26.0. The molecule has 0 saturated heterocycles. The van der Waals surface area contributed by atoms with E-state index in [9.17, 15) is 13.6 Å². The summed E-state index contributed by atoms with van der Waals surface area (Å²) in [6.07, 6.45) is 0. The lowest BCUT2D eigenvalue weighted by molar-refractivity contribution is 0.102. The van der Waals surface area contributed by atoms with Crippen molar-refractivity contribution in [1.29, 1.82) is 0 Å². The van der Waals surface area contributed by atoms with Crippen LogP contribution in [0.1, 0.15) is 15.9 Å². The number of aliphatic hydroxyl groups excluding tert-OH is 1. The van der Waals surface area contributed by atoms with Crippen LogP contribution in [0.15, 0.2) is 36.4 Å². The van der Waals surface area contributed by atoms with E-state index in [2.05, 4.69) is 5.32 Å². The maximum absolute atomic E-state index is 13.1. The zero-order valence-corrected chi connectivity index (χ0v) is 10.9. The molecule has 0 aliphatic heterocycles. The summed E-state index contributed by atoms with van der Waals surface area (Å²) in [7, 11) is 0. The largest absolute Gasteiger partial charge is 0.392 e. The minimum absolute atomic E-state index is 0.108. The fourth-order valence-corrected chi connectivity index (χ4v) is 1.82. The molecule has 0 fully saturated rings. The van der Waals surface area contributed by atoms with Crippen LogP contribution < -0.4 is 5.32 Å². The fraction of sp³-hybridized carbons (Fsp3) is 0.0714. The Morgan fingerprint density at radius 1 is 1.15 bits per heavy atom. The number of amides is 1. The second-order valence-corrected chi connectivity index (χ2v) is 4.46. The van der Waals surface area contributed by atoms with Gasteiger partial charge in [0.1, 0.15) is 0 Å². The number of aliphatic hydroxyl groups is 1. The molecule has 0 saturated carbocycles. The van der Waals surface area contributed by atoms with Gasteiger partial charge in [-0.3, -0.25) is 4.79 Å². The van der Waals surface area contributed by atoms with Crippen LogP contribution in [0.2, 0.25) is 5.02 Å². The van der Waals surface area contributed by atoms with Gasteiger partial charge in [0.05, 0.1) is 17.2 Å². The molecule has 0 unspecified atom stereocenters. The summed E-state index contributed by atoms with van der Waals surface area (Å²) in [5.41, 5.74) is 0.985. The standard InChI is InChI=1S/C14H10ClF2NO2/c15-11-6-13(17)12(16)5-10(11)14(20)18-9-3-1-8(7-19)2-4-9/h1-6,19H,7H2,(H,18,20). The van der Waals surface area contributed by atoms with Crippen LogP contribution in [0, 0.1) is 11.6 Å². The quantitative estimate of drug-likeness (QED) is 0.854. The molecule has 2 aromatic rings. The number of anilines is 1. The number of nitrogens with one attached hydrogen (secondary N) is 1. The Labute approximate surface area is 118 Å². The SMILES string of the molecule is O=C(Nc1ccc(CO)cc1)c1cc(F)c(F)cc1Cl. The van der Waals surface area contributed by atoms with Crippen LogP contribution in [-0.2, 0) is 6.61 Å². The van der Waals surface area contributed by atoms with Crippen LogP contribution in [0.4, 0.5) is 14.5 Å². The van der Waals surface area contributed by atoms with Crippen LogP contribution in [0.5, 0.6) is 0 Å². The van der Waals surface area contributed by atoms with Crippen LogP contribution in [-0.4, -0.2) is 11.0 Å². The highest BCUT2D eigenvalue weighted by molar-refractivity contribution is 6.34. The lowest BCUT2D eigenvalue weighted by Crippen LogP contribution is -2.13. The summed E-state index contributed by atoms with van der Waals surface area (Å²) in [5.74, 6) is -2.90. The van der Waals surface area contributed by atoms with E-state index in [0.29, 0.717) is 11.3 Å². The van der Waals surface area contributed by atoms with Crippen molar-refractivity contribution in [3.63, 3.8) is 0 Å². The van der Waals surface area contributed by atoms with Gasteiger partial charge in [0.15, 0.2) is 11.6 Å². The van der Waals surface area contributed by atoms with Gasteiger partial charge in [0, 0.05) is 5.69 Å². The predicted molar refractivity (Wildman–Crippen MR) is 71.7 cm³/mol. The molecule has 0 bridgehead atoms. The Bertz CT molecular complexity index is 644. The summed E-state index contributed by atoms with van der Waals surface area (Å²) >= 11 is 5.71. The number of rotatable bonds is 3. The van der Waals surface area contributed by atoms with Gasteiger partial charge in [-0.25, -0.2) is 8.78 Å². The van der Waals surface area contributed by atoms with Crippen molar-refractivity contribution in [2.45, 2.75) is 6.61 Å². The molecule has 2 rings (SSSR count). The van der Waals surface area contributed by atoms with Gasteiger partial charge in [-0.2, -0.15) is 0 Å². The molecule has 0 aliphatic rings. The molecule has 0 radical (unpaired) electrons. The number of hydrogen-bond donors (Lipinski definition) is 2. The number of halogens is 3. The fourth-order valence-electron chi connectivity index (χ4n) is 1.59. The zero-order chi connectivity index (χ0) is 14.7. The monoisotopic (exact) mass is 297 g/mol. The van der Waals surface area contributed by atoms with Crippen molar-refractivity contribution in [1.82, 2.24) is 0 Å². The third-order valence-electron chi connectivity index (χ3n) is 2.65. The highest BCUT2D eigenvalue weighted by atomic mass is 35.5. The smallest absolute Gasteiger partial charge is 0.257 e. The van der Waals surface area contributed by atoms with Crippen LogP contribution in [0.25, 0.3) is 0 Å². The third kappa shape index (κ3) is 3.12. The van der Waals surface area contributed by atoms with Gasteiger partial charge in [-0.15, -0.1) is 0 Å². The normalized spacial score (nSPS) is 10.4. The maximum Gasteiger partial charge on any atom is 0.257 e. The van der Waals surface area contributed by atoms with Crippen molar-refractivity contribution in [2.24, 2.45) is 0 Å². The molecular formula is C14H10ClF2NO2. The molecule has 3 nitrogen and oxygen atoms in total. The number of benzene rings is 2. The van der Waals surface area contributed by atoms with Crippen LogP contribution in [0.3, 0.4) is 0 Å². The number of carbonyl (C=O) groups is 1. The summed E-state index contributed by atoms with van der Waals surface area (Å²) in [6.45, 7) is -0.108. The van der Waals surface area contributed by atoms with E-state index in [1.165, 1.54) is 0 Å². The van der Waals surface area contributed by atoms with E-state index < -0.39 is 17.5 Å². The molecule has 1 amide bonds. The number of carbonyl (C=O) groups excluding carboxylic acids is 1. The lowest BCUT2D eigenvalue weighted by atomic mass is 10.1. The third-order valence-corrected chi connectivity index (χ3v) is 2.96. The molecule has 0 spiro atoms. The molecule has 0 atom stereocenters. The molecule has 20 heavy (non-hydrogen) atoms. The van der Waals surface area contributed by atoms with Gasteiger partial charge in [-0.05, 0) is 29.8 Å². The Morgan fingerprint density at radius 3 is 2.35 bits per heavy atom. The molecular weight excluding hydrogens is 288 g/mol. The molecule has 0 aromatic heterocycles. The Balaban J connectivity index is 2.21. The highest BCUT2D eigenvalue weighted by Crippen LogP contribution is 2.21. The van der Waals surface area contributed by atoms with Crippen molar-refractivity contribution in [3.05, 3.63) is 64.2 Å².